The number of rotatable bonds is 5. The van der Waals surface area contributed by atoms with Crippen LogP contribution >= 0.6 is 11.6 Å². The molecule has 1 aliphatic heterocycles. The summed E-state index contributed by atoms with van der Waals surface area (Å²) in [7, 11) is -3.50. The summed E-state index contributed by atoms with van der Waals surface area (Å²) < 4.78 is 27.1. The van der Waals surface area contributed by atoms with Gasteiger partial charge < -0.3 is 5.32 Å². The van der Waals surface area contributed by atoms with Gasteiger partial charge in [0.1, 0.15) is 0 Å². The van der Waals surface area contributed by atoms with Crippen LogP contribution in [0.3, 0.4) is 0 Å². The molecule has 0 aliphatic carbocycles. The van der Waals surface area contributed by atoms with E-state index < -0.39 is 10.0 Å². The Labute approximate surface area is 171 Å². The molecule has 0 radical (unpaired) electrons. The average Bonchev–Trinajstić information content (AvgIpc) is 2.68. The number of benzene rings is 2. The van der Waals surface area contributed by atoms with Gasteiger partial charge in [-0.2, -0.15) is 4.31 Å². The predicted octanol–water partition coefficient (Wildman–Crippen LogP) is 4.41. The van der Waals surface area contributed by atoms with Crippen LogP contribution < -0.4 is 5.32 Å². The topological polar surface area (TPSA) is 66.5 Å². The van der Waals surface area contributed by atoms with E-state index in [0.29, 0.717) is 29.7 Å². The maximum atomic E-state index is 12.8. The number of carbonyl (C=O) groups is 1. The van der Waals surface area contributed by atoms with Crippen LogP contribution in [-0.2, 0) is 14.8 Å². The van der Waals surface area contributed by atoms with Crippen LogP contribution in [0.15, 0.2) is 59.5 Å². The number of nitrogens with zero attached hydrogens (tertiary/aromatic N) is 1. The van der Waals surface area contributed by atoms with Crippen molar-refractivity contribution in [3.8, 4) is 0 Å². The highest BCUT2D eigenvalue weighted by Crippen LogP contribution is 2.24. The lowest BCUT2D eigenvalue weighted by Gasteiger charge is -2.30. The second-order valence-corrected chi connectivity index (χ2v) is 9.32. The molecule has 1 unspecified atom stereocenters. The van der Waals surface area contributed by atoms with Gasteiger partial charge in [-0.1, -0.05) is 36.7 Å². The average molecular weight is 419 g/mol. The summed E-state index contributed by atoms with van der Waals surface area (Å²) in [5.41, 5.74) is 1.27. The number of hydrogen-bond donors (Lipinski definition) is 1. The van der Waals surface area contributed by atoms with Crippen molar-refractivity contribution in [3.05, 3.63) is 65.2 Å². The molecular weight excluding hydrogens is 396 g/mol. The van der Waals surface area contributed by atoms with Crippen molar-refractivity contribution < 1.29 is 13.2 Å². The molecule has 0 spiro atoms. The molecule has 0 aromatic heterocycles. The van der Waals surface area contributed by atoms with Crippen LogP contribution in [0.1, 0.15) is 25.3 Å². The predicted molar refractivity (Wildman–Crippen MR) is 113 cm³/mol. The Morgan fingerprint density at radius 3 is 2.57 bits per heavy atom. The Bertz CT molecular complexity index is 971. The second-order valence-electron chi connectivity index (χ2n) is 6.98. The van der Waals surface area contributed by atoms with Crippen LogP contribution in [0, 0.1) is 5.92 Å². The summed E-state index contributed by atoms with van der Waals surface area (Å²) in [4.78, 5) is 12.3. The van der Waals surface area contributed by atoms with Gasteiger partial charge >= 0.3 is 0 Å². The monoisotopic (exact) mass is 418 g/mol. The van der Waals surface area contributed by atoms with Crippen molar-refractivity contribution in [2.24, 2.45) is 5.92 Å². The fraction of sp³-hybridized carbons (Fsp3) is 0.286. The summed E-state index contributed by atoms with van der Waals surface area (Å²) in [5, 5.41) is 3.28. The van der Waals surface area contributed by atoms with Crippen molar-refractivity contribution >= 4 is 39.3 Å². The number of halogens is 1. The Morgan fingerprint density at radius 2 is 1.89 bits per heavy atom. The third-order valence-corrected chi connectivity index (χ3v) is 6.92. The zero-order valence-corrected chi connectivity index (χ0v) is 17.2. The zero-order chi connectivity index (χ0) is 20.1. The first-order chi connectivity index (χ1) is 13.4. The Balaban J connectivity index is 1.65. The lowest BCUT2D eigenvalue weighted by molar-refractivity contribution is -0.111. The molecule has 1 amide bonds. The summed E-state index contributed by atoms with van der Waals surface area (Å²) in [6.45, 7) is 3.17. The normalized spacial score (nSPS) is 18.3. The van der Waals surface area contributed by atoms with Gasteiger partial charge in [-0.05, 0) is 60.7 Å². The van der Waals surface area contributed by atoms with Crippen molar-refractivity contribution in [3.63, 3.8) is 0 Å². The minimum Gasteiger partial charge on any atom is -0.323 e. The molecule has 1 atom stereocenters. The number of carbonyl (C=O) groups excluding carboxylic acids is 1. The molecule has 1 fully saturated rings. The highest BCUT2D eigenvalue weighted by Gasteiger charge is 2.28. The van der Waals surface area contributed by atoms with E-state index in [4.69, 9.17) is 11.6 Å². The van der Waals surface area contributed by atoms with Gasteiger partial charge in [0.05, 0.1) is 4.90 Å². The minimum atomic E-state index is -3.50. The molecule has 3 rings (SSSR count). The van der Waals surface area contributed by atoms with Crippen molar-refractivity contribution in [2.75, 3.05) is 18.4 Å². The van der Waals surface area contributed by atoms with Gasteiger partial charge in [0.25, 0.3) is 0 Å². The van der Waals surface area contributed by atoms with E-state index in [-0.39, 0.29) is 10.8 Å². The first-order valence-electron chi connectivity index (χ1n) is 9.20. The minimum absolute atomic E-state index is 0.242. The smallest absolute Gasteiger partial charge is 0.248 e. The Kier molecular flexibility index (Phi) is 6.54. The number of nitrogens with one attached hydrogen (secondary N) is 1. The molecule has 2 aromatic rings. The van der Waals surface area contributed by atoms with Gasteiger partial charge in [-0.25, -0.2) is 8.42 Å². The third kappa shape index (κ3) is 5.01. The molecule has 7 heteroatoms. The van der Waals surface area contributed by atoms with E-state index in [9.17, 15) is 13.2 Å². The quantitative estimate of drug-likeness (QED) is 0.731. The van der Waals surface area contributed by atoms with Gasteiger partial charge in [-0.15, -0.1) is 0 Å². The summed E-state index contributed by atoms with van der Waals surface area (Å²) in [6.07, 6.45) is 4.96. The van der Waals surface area contributed by atoms with Crippen molar-refractivity contribution in [2.45, 2.75) is 24.7 Å². The lowest BCUT2D eigenvalue weighted by Crippen LogP contribution is -2.39. The largest absolute Gasteiger partial charge is 0.323 e. The van der Waals surface area contributed by atoms with E-state index in [0.717, 1.165) is 18.4 Å². The number of anilines is 1. The molecular formula is C21H23ClN2O3S. The molecule has 1 aliphatic rings. The summed E-state index contributed by atoms with van der Waals surface area (Å²) in [5.74, 6) is 0.0485. The van der Waals surface area contributed by atoms with E-state index in [1.54, 1.807) is 28.6 Å². The van der Waals surface area contributed by atoms with E-state index >= 15 is 0 Å². The van der Waals surface area contributed by atoms with E-state index in [2.05, 4.69) is 12.2 Å². The fourth-order valence-electron chi connectivity index (χ4n) is 3.18. The molecule has 0 saturated carbocycles. The first-order valence-corrected chi connectivity index (χ1v) is 11.0. The first kappa shape index (κ1) is 20.6. The molecule has 1 saturated heterocycles. The number of hydrogen-bond acceptors (Lipinski definition) is 3. The van der Waals surface area contributed by atoms with Crippen LogP contribution in [0.4, 0.5) is 5.69 Å². The van der Waals surface area contributed by atoms with Gasteiger partial charge in [0.2, 0.25) is 15.9 Å². The molecule has 1 N–H and O–H groups in total. The standard InChI is InChI=1S/C21H23ClN2O3S/c1-16-5-4-14-24(15-16)28(26,27)19-11-9-18(10-12-19)23-21(25)13-8-17-6-2-3-7-20(17)22/h2-3,6-13,16H,4-5,14-15H2,1H3,(H,23,25)/b13-8+. The summed E-state index contributed by atoms with van der Waals surface area (Å²) in [6, 6.07) is 13.5. The molecule has 28 heavy (non-hydrogen) atoms. The maximum absolute atomic E-state index is 12.8. The van der Waals surface area contributed by atoms with E-state index in [1.165, 1.54) is 18.2 Å². The van der Waals surface area contributed by atoms with Gasteiger partial charge in [-0.3, -0.25) is 4.79 Å². The second kappa shape index (κ2) is 8.90. The van der Waals surface area contributed by atoms with Gasteiger partial charge in [0, 0.05) is 29.9 Å². The molecule has 148 valence electrons. The highest BCUT2D eigenvalue weighted by atomic mass is 35.5. The lowest BCUT2D eigenvalue weighted by atomic mass is 10.0. The number of sulfonamides is 1. The van der Waals surface area contributed by atoms with Crippen molar-refractivity contribution in [1.29, 1.82) is 0 Å². The Morgan fingerprint density at radius 1 is 1.18 bits per heavy atom. The van der Waals surface area contributed by atoms with Crippen molar-refractivity contribution in [1.82, 2.24) is 4.31 Å². The molecule has 2 aromatic carbocycles. The van der Waals surface area contributed by atoms with Crippen LogP contribution in [0.5, 0.6) is 0 Å². The number of piperidine rings is 1. The Hall–Kier alpha value is -2.15. The molecule has 5 nitrogen and oxygen atoms in total. The highest BCUT2D eigenvalue weighted by molar-refractivity contribution is 7.89. The third-order valence-electron chi connectivity index (χ3n) is 4.70. The molecule has 0 bridgehead atoms. The fourth-order valence-corrected chi connectivity index (χ4v) is 4.98. The number of amides is 1. The van der Waals surface area contributed by atoms with Crippen LogP contribution in [0.2, 0.25) is 5.02 Å². The van der Waals surface area contributed by atoms with Gasteiger partial charge in [0.15, 0.2) is 0 Å². The van der Waals surface area contributed by atoms with Crippen LogP contribution in [0.25, 0.3) is 6.08 Å². The van der Waals surface area contributed by atoms with Crippen LogP contribution in [-0.4, -0.2) is 31.7 Å². The molecule has 1 heterocycles. The zero-order valence-electron chi connectivity index (χ0n) is 15.6. The maximum Gasteiger partial charge on any atom is 0.248 e. The van der Waals surface area contributed by atoms with E-state index in [1.807, 2.05) is 18.2 Å². The summed E-state index contributed by atoms with van der Waals surface area (Å²) >= 11 is 6.06. The SMILES string of the molecule is CC1CCCN(S(=O)(=O)c2ccc(NC(=O)/C=C/c3ccccc3Cl)cc2)C1.